The van der Waals surface area contributed by atoms with Crippen molar-refractivity contribution in [2.75, 3.05) is 13.2 Å². The molecule has 1 aliphatic carbocycles. The Kier molecular flexibility index (Phi) is 3.35. The van der Waals surface area contributed by atoms with Gasteiger partial charge in [-0.25, -0.2) is 4.39 Å². The van der Waals surface area contributed by atoms with Crippen LogP contribution < -0.4 is 4.74 Å². The van der Waals surface area contributed by atoms with E-state index in [1.165, 1.54) is 0 Å². The van der Waals surface area contributed by atoms with Crippen molar-refractivity contribution in [3.8, 4) is 5.75 Å². The molecular weight excluding hydrogens is 245 g/mol. The second-order valence-corrected chi connectivity index (χ2v) is 5.36. The van der Waals surface area contributed by atoms with E-state index in [4.69, 9.17) is 9.47 Å². The summed E-state index contributed by atoms with van der Waals surface area (Å²) in [6, 6.07) is 0. The van der Waals surface area contributed by atoms with E-state index in [0.29, 0.717) is 13.0 Å². The van der Waals surface area contributed by atoms with Crippen LogP contribution in [0.4, 0.5) is 4.39 Å². The van der Waals surface area contributed by atoms with Gasteiger partial charge in [0.05, 0.1) is 11.8 Å². The maximum absolute atomic E-state index is 13.5. The number of halogens is 1. The smallest absolute Gasteiger partial charge is 0.143 e. The van der Waals surface area contributed by atoms with Crippen molar-refractivity contribution in [1.82, 2.24) is 4.57 Å². The molecule has 0 amide bonds. The number of hydrogen-bond acceptors (Lipinski definition) is 2. The average molecular weight is 265 g/mol. The third-order valence-corrected chi connectivity index (χ3v) is 4.08. The number of aromatic nitrogens is 1. The van der Waals surface area contributed by atoms with Gasteiger partial charge in [0.2, 0.25) is 0 Å². The van der Waals surface area contributed by atoms with E-state index in [1.54, 1.807) is 6.08 Å². The standard InChI is InChI=1S/C15H20FNO2/c1-10-15(19-9-12-4-3-7-18-12)13-8-11(16)5-6-14(13)17(10)2/h5-6,11-12H,3-4,7-9H2,1-2H3. The first-order chi connectivity index (χ1) is 9.16. The Morgan fingerprint density at radius 1 is 1.53 bits per heavy atom. The van der Waals surface area contributed by atoms with Crippen LogP contribution >= 0.6 is 0 Å². The molecule has 0 bridgehead atoms. The molecule has 19 heavy (non-hydrogen) atoms. The van der Waals surface area contributed by atoms with Gasteiger partial charge in [-0.15, -0.1) is 0 Å². The van der Waals surface area contributed by atoms with Gasteiger partial charge in [0.15, 0.2) is 0 Å². The number of hydrogen-bond donors (Lipinski definition) is 0. The van der Waals surface area contributed by atoms with E-state index in [0.717, 1.165) is 42.1 Å². The van der Waals surface area contributed by atoms with Crippen LogP contribution in [0.15, 0.2) is 6.08 Å². The Morgan fingerprint density at radius 2 is 2.37 bits per heavy atom. The molecule has 0 spiro atoms. The molecule has 1 aliphatic heterocycles. The van der Waals surface area contributed by atoms with Gasteiger partial charge < -0.3 is 14.0 Å². The minimum absolute atomic E-state index is 0.190. The van der Waals surface area contributed by atoms with Crippen molar-refractivity contribution in [2.45, 2.75) is 38.5 Å². The third kappa shape index (κ3) is 2.29. The summed E-state index contributed by atoms with van der Waals surface area (Å²) in [6.07, 6.45) is 5.33. The number of nitrogens with zero attached hydrogens (tertiary/aromatic N) is 1. The maximum Gasteiger partial charge on any atom is 0.143 e. The van der Waals surface area contributed by atoms with E-state index in [9.17, 15) is 4.39 Å². The quantitative estimate of drug-likeness (QED) is 0.839. The lowest BCUT2D eigenvalue weighted by atomic mass is 10.0. The summed E-state index contributed by atoms with van der Waals surface area (Å²) < 4.78 is 27.1. The van der Waals surface area contributed by atoms with Crippen molar-refractivity contribution < 1.29 is 13.9 Å². The van der Waals surface area contributed by atoms with E-state index in [1.807, 2.05) is 20.0 Å². The number of alkyl halides is 1. The molecular formula is C15H20FNO2. The molecule has 0 radical (unpaired) electrons. The molecule has 3 nitrogen and oxygen atoms in total. The summed E-state index contributed by atoms with van der Waals surface area (Å²) in [6.45, 7) is 3.41. The summed E-state index contributed by atoms with van der Waals surface area (Å²) in [4.78, 5) is 0. The fraction of sp³-hybridized carbons (Fsp3) is 0.600. The molecule has 2 atom stereocenters. The number of allylic oxidation sites excluding steroid dienone is 1. The van der Waals surface area contributed by atoms with Gasteiger partial charge in [-0.05, 0) is 31.9 Å². The Morgan fingerprint density at radius 3 is 3.11 bits per heavy atom. The zero-order chi connectivity index (χ0) is 13.4. The van der Waals surface area contributed by atoms with Crippen molar-refractivity contribution in [3.63, 3.8) is 0 Å². The lowest BCUT2D eigenvalue weighted by Gasteiger charge is -2.15. The summed E-state index contributed by atoms with van der Waals surface area (Å²) in [5, 5.41) is 0. The van der Waals surface area contributed by atoms with Gasteiger partial charge in [0, 0.05) is 31.3 Å². The minimum atomic E-state index is -0.903. The molecule has 2 unspecified atom stereocenters. The number of rotatable bonds is 3. The van der Waals surface area contributed by atoms with Crippen LogP contribution in [0.25, 0.3) is 6.08 Å². The van der Waals surface area contributed by atoms with Gasteiger partial charge >= 0.3 is 0 Å². The fourth-order valence-electron chi connectivity index (χ4n) is 2.88. The zero-order valence-electron chi connectivity index (χ0n) is 11.5. The second kappa shape index (κ2) is 5.00. The highest BCUT2D eigenvalue weighted by molar-refractivity contribution is 5.61. The molecule has 3 rings (SSSR count). The van der Waals surface area contributed by atoms with Crippen LogP contribution in [0, 0.1) is 6.92 Å². The third-order valence-electron chi connectivity index (χ3n) is 4.08. The number of fused-ring (bicyclic) bond motifs is 1. The molecule has 0 saturated carbocycles. The van der Waals surface area contributed by atoms with Crippen molar-refractivity contribution >= 4 is 6.08 Å². The highest BCUT2D eigenvalue weighted by Crippen LogP contribution is 2.35. The summed E-state index contributed by atoms with van der Waals surface area (Å²) in [5.74, 6) is 0.847. The topological polar surface area (TPSA) is 23.4 Å². The highest BCUT2D eigenvalue weighted by atomic mass is 19.1. The molecule has 0 N–H and O–H groups in total. The summed E-state index contributed by atoms with van der Waals surface area (Å²) in [5.41, 5.74) is 3.11. The van der Waals surface area contributed by atoms with Gasteiger partial charge in [0.25, 0.3) is 0 Å². The normalized spacial score (nSPS) is 25.6. The van der Waals surface area contributed by atoms with Crippen LogP contribution in [0.1, 0.15) is 29.8 Å². The number of ether oxygens (including phenoxy) is 2. The first-order valence-corrected chi connectivity index (χ1v) is 6.91. The Bertz CT molecular complexity index is 501. The van der Waals surface area contributed by atoms with Crippen LogP contribution in [-0.2, 0) is 18.2 Å². The Hall–Kier alpha value is -1.29. The fourth-order valence-corrected chi connectivity index (χ4v) is 2.88. The van der Waals surface area contributed by atoms with Crippen molar-refractivity contribution in [3.05, 3.63) is 23.0 Å². The van der Waals surface area contributed by atoms with Gasteiger partial charge in [-0.2, -0.15) is 0 Å². The maximum atomic E-state index is 13.5. The molecule has 0 aromatic carbocycles. The summed E-state index contributed by atoms with van der Waals surface area (Å²) >= 11 is 0. The monoisotopic (exact) mass is 265 g/mol. The zero-order valence-corrected chi connectivity index (χ0v) is 11.5. The molecule has 4 heteroatoms. The van der Waals surface area contributed by atoms with Crippen LogP contribution in [0.5, 0.6) is 5.75 Å². The van der Waals surface area contributed by atoms with E-state index >= 15 is 0 Å². The molecule has 2 heterocycles. The predicted molar refractivity (Wildman–Crippen MR) is 72.3 cm³/mol. The van der Waals surface area contributed by atoms with E-state index in [2.05, 4.69) is 4.57 Å². The van der Waals surface area contributed by atoms with Crippen LogP contribution in [-0.4, -0.2) is 30.1 Å². The minimum Gasteiger partial charge on any atom is -0.489 e. The first-order valence-electron chi connectivity index (χ1n) is 6.91. The molecule has 1 saturated heterocycles. The highest BCUT2D eigenvalue weighted by Gasteiger charge is 2.25. The molecule has 2 aliphatic rings. The predicted octanol–water partition coefficient (Wildman–Crippen LogP) is 2.80. The SMILES string of the molecule is Cc1c(OCC2CCCO2)c2c(n1C)C=CC(F)C2. The average Bonchev–Trinajstić information content (AvgIpc) is 2.98. The lowest BCUT2D eigenvalue weighted by Crippen LogP contribution is -2.17. The Balaban J connectivity index is 1.82. The van der Waals surface area contributed by atoms with Crippen LogP contribution in [0.2, 0.25) is 0 Å². The Labute approximate surface area is 113 Å². The largest absolute Gasteiger partial charge is 0.489 e. The molecule has 1 aromatic rings. The van der Waals surface area contributed by atoms with Gasteiger partial charge in [-0.3, -0.25) is 0 Å². The van der Waals surface area contributed by atoms with Gasteiger partial charge in [0.1, 0.15) is 18.5 Å². The lowest BCUT2D eigenvalue weighted by molar-refractivity contribution is 0.0673. The molecule has 1 aromatic heterocycles. The second-order valence-electron chi connectivity index (χ2n) is 5.36. The van der Waals surface area contributed by atoms with Gasteiger partial charge in [-0.1, -0.05) is 0 Å². The van der Waals surface area contributed by atoms with Crippen molar-refractivity contribution in [2.24, 2.45) is 7.05 Å². The van der Waals surface area contributed by atoms with E-state index < -0.39 is 6.17 Å². The summed E-state index contributed by atoms with van der Waals surface area (Å²) in [7, 11) is 2.00. The van der Waals surface area contributed by atoms with Crippen LogP contribution in [0.3, 0.4) is 0 Å². The first kappa shape index (κ1) is 12.7. The molecule has 1 fully saturated rings. The van der Waals surface area contributed by atoms with Crippen molar-refractivity contribution in [1.29, 1.82) is 0 Å². The molecule has 104 valence electrons. The van der Waals surface area contributed by atoms with E-state index in [-0.39, 0.29) is 6.10 Å².